The van der Waals surface area contributed by atoms with Crippen molar-refractivity contribution in [2.45, 2.75) is 47.6 Å². The molecule has 0 saturated carbocycles. The first-order chi connectivity index (χ1) is 8.18. The summed E-state index contributed by atoms with van der Waals surface area (Å²) in [4.78, 5) is 23.3. The van der Waals surface area contributed by atoms with Gasteiger partial charge in [-0.3, -0.25) is 0 Å². The highest BCUT2D eigenvalue weighted by Gasteiger charge is 2.34. The number of ether oxygens (including phenoxy) is 2. The van der Waals surface area contributed by atoms with Gasteiger partial charge >= 0.3 is 12.1 Å². The van der Waals surface area contributed by atoms with Gasteiger partial charge in [-0.15, -0.1) is 0 Å². The fourth-order valence-corrected chi connectivity index (χ4v) is 1.26. The number of amides is 1. The molecule has 0 aliphatic carbocycles. The molecule has 1 amide bonds. The molecule has 0 aromatic carbocycles. The van der Waals surface area contributed by atoms with E-state index >= 15 is 0 Å². The van der Waals surface area contributed by atoms with Gasteiger partial charge in [0.2, 0.25) is 0 Å². The van der Waals surface area contributed by atoms with Gasteiger partial charge in [-0.1, -0.05) is 34.6 Å². The third kappa shape index (κ3) is 6.47. The zero-order chi connectivity index (χ0) is 14.3. The molecule has 18 heavy (non-hydrogen) atoms. The predicted octanol–water partition coefficient (Wildman–Crippen LogP) is 2.35. The van der Waals surface area contributed by atoms with Crippen LogP contribution in [-0.4, -0.2) is 31.3 Å². The van der Waals surface area contributed by atoms with Crippen molar-refractivity contribution in [3.63, 3.8) is 0 Å². The quantitative estimate of drug-likeness (QED) is 0.770. The molecule has 0 aliphatic rings. The number of rotatable bonds is 5. The number of carbonyl (C=O) groups excluding carboxylic acids is 2. The molecule has 5 heteroatoms. The Balaban J connectivity index is 4.51. The summed E-state index contributed by atoms with van der Waals surface area (Å²) in [5.41, 5.74) is -0.427. The van der Waals surface area contributed by atoms with Crippen molar-refractivity contribution in [2.24, 2.45) is 11.3 Å². The first-order valence-electron chi connectivity index (χ1n) is 6.28. The zero-order valence-electron chi connectivity index (χ0n) is 12.2. The van der Waals surface area contributed by atoms with E-state index in [1.807, 2.05) is 34.6 Å². The highest BCUT2D eigenvalue weighted by atomic mass is 16.6. The molecule has 1 unspecified atom stereocenters. The summed E-state index contributed by atoms with van der Waals surface area (Å²) < 4.78 is 9.95. The van der Waals surface area contributed by atoms with Crippen LogP contribution >= 0.6 is 0 Å². The molecule has 0 aliphatic heterocycles. The Kier molecular flexibility index (Phi) is 6.73. The lowest BCUT2D eigenvalue weighted by Gasteiger charge is -2.29. The number of alkyl carbamates (subject to hydrolysis) is 1. The first kappa shape index (κ1) is 16.7. The highest BCUT2D eigenvalue weighted by molar-refractivity contribution is 5.82. The van der Waals surface area contributed by atoms with Crippen LogP contribution in [0.4, 0.5) is 4.79 Å². The van der Waals surface area contributed by atoms with Gasteiger partial charge < -0.3 is 14.8 Å². The molecule has 1 atom stereocenters. The van der Waals surface area contributed by atoms with E-state index in [9.17, 15) is 9.59 Å². The second-order valence-corrected chi connectivity index (χ2v) is 5.69. The molecule has 1 N–H and O–H groups in total. The normalized spacial score (nSPS) is 13.1. The van der Waals surface area contributed by atoms with E-state index in [0.29, 0.717) is 6.61 Å². The van der Waals surface area contributed by atoms with Crippen LogP contribution in [-0.2, 0) is 14.3 Å². The van der Waals surface area contributed by atoms with Gasteiger partial charge in [0.25, 0.3) is 0 Å². The Bertz CT molecular complexity index is 281. The van der Waals surface area contributed by atoms with Crippen LogP contribution in [0, 0.1) is 11.3 Å². The summed E-state index contributed by atoms with van der Waals surface area (Å²) >= 11 is 0. The molecule has 0 rings (SSSR count). The van der Waals surface area contributed by atoms with Crippen LogP contribution in [0.3, 0.4) is 0 Å². The third-order valence-electron chi connectivity index (χ3n) is 2.20. The average molecular weight is 259 g/mol. The highest BCUT2D eigenvalue weighted by Crippen LogP contribution is 2.20. The second-order valence-electron chi connectivity index (χ2n) is 5.69. The summed E-state index contributed by atoms with van der Waals surface area (Å²) in [7, 11) is 0. The largest absolute Gasteiger partial charge is 0.464 e. The average Bonchev–Trinajstić information content (AvgIpc) is 2.21. The van der Waals surface area contributed by atoms with Crippen molar-refractivity contribution < 1.29 is 19.1 Å². The number of carbonyl (C=O) groups is 2. The molecule has 0 fully saturated rings. The Morgan fingerprint density at radius 2 is 1.72 bits per heavy atom. The van der Waals surface area contributed by atoms with E-state index < -0.39 is 23.5 Å². The number of hydrogen-bond acceptors (Lipinski definition) is 4. The van der Waals surface area contributed by atoms with Crippen LogP contribution in [0.5, 0.6) is 0 Å². The van der Waals surface area contributed by atoms with Gasteiger partial charge in [0.05, 0.1) is 13.2 Å². The van der Waals surface area contributed by atoms with Crippen molar-refractivity contribution in [1.82, 2.24) is 5.32 Å². The van der Waals surface area contributed by atoms with Crippen LogP contribution in [0.2, 0.25) is 0 Å². The summed E-state index contributed by atoms with van der Waals surface area (Å²) in [5.74, 6) is -0.182. The lowest BCUT2D eigenvalue weighted by Crippen LogP contribution is -2.50. The maximum absolute atomic E-state index is 11.8. The van der Waals surface area contributed by atoms with E-state index in [1.165, 1.54) is 0 Å². The molecule has 0 heterocycles. The van der Waals surface area contributed by atoms with E-state index in [1.54, 1.807) is 6.92 Å². The van der Waals surface area contributed by atoms with Crippen molar-refractivity contribution in [3.8, 4) is 0 Å². The SMILES string of the molecule is CCOC(=O)C(NC(=O)OCC(C)C)C(C)(C)C. The maximum atomic E-state index is 11.8. The van der Waals surface area contributed by atoms with Gasteiger partial charge in [-0.2, -0.15) is 0 Å². The first-order valence-corrected chi connectivity index (χ1v) is 6.28. The Morgan fingerprint density at radius 1 is 1.17 bits per heavy atom. The summed E-state index contributed by atoms with van der Waals surface area (Å²) in [6.45, 7) is 11.8. The number of nitrogens with one attached hydrogen (secondary N) is 1. The molecule has 0 radical (unpaired) electrons. The van der Waals surface area contributed by atoms with E-state index in [2.05, 4.69) is 5.32 Å². The standard InChI is InChI=1S/C13H25NO4/c1-7-17-11(15)10(13(4,5)6)14-12(16)18-8-9(2)3/h9-10H,7-8H2,1-6H3,(H,14,16). The van der Waals surface area contributed by atoms with Gasteiger partial charge in [0.15, 0.2) is 0 Å². The summed E-state index contributed by atoms with van der Waals surface area (Å²) in [6, 6.07) is -0.711. The number of esters is 1. The lowest BCUT2D eigenvalue weighted by molar-refractivity contribution is -0.148. The fraction of sp³-hybridized carbons (Fsp3) is 0.846. The lowest BCUT2D eigenvalue weighted by atomic mass is 9.87. The Morgan fingerprint density at radius 3 is 2.11 bits per heavy atom. The van der Waals surface area contributed by atoms with Gasteiger partial charge in [0.1, 0.15) is 6.04 Å². The van der Waals surface area contributed by atoms with Crippen molar-refractivity contribution in [2.75, 3.05) is 13.2 Å². The molecule has 0 aromatic heterocycles. The minimum atomic E-state index is -0.711. The summed E-state index contributed by atoms with van der Waals surface area (Å²) in [5, 5.41) is 2.56. The Hall–Kier alpha value is -1.26. The monoisotopic (exact) mass is 259 g/mol. The minimum absolute atomic E-state index is 0.256. The molecule has 0 spiro atoms. The van der Waals surface area contributed by atoms with Gasteiger partial charge in [-0.05, 0) is 18.3 Å². The second kappa shape index (κ2) is 7.24. The van der Waals surface area contributed by atoms with Crippen LogP contribution < -0.4 is 5.32 Å². The summed E-state index contributed by atoms with van der Waals surface area (Å²) in [6.07, 6.45) is -0.586. The van der Waals surface area contributed by atoms with E-state index in [4.69, 9.17) is 9.47 Å². The third-order valence-corrected chi connectivity index (χ3v) is 2.20. The van der Waals surface area contributed by atoms with Crippen LogP contribution in [0.15, 0.2) is 0 Å². The molecular formula is C13H25NO4. The Labute approximate surface area is 109 Å². The maximum Gasteiger partial charge on any atom is 0.407 e. The topological polar surface area (TPSA) is 64.6 Å². The van der Waals surface area contributed by atoms with E-state index in [-0.39, 0.29) is 12.5 Å². The zero-order valence-corrected chi connectivity index (χ0v) is 12.2. The molecule has 0 bridgehead atoms. The molecule has 106 valence electrons. The minimum Gasteiger partial charge on any atom is -0.464 e. The van der Waals surface area contributed by atoms with Crippen molar-refractivity contribution in [1.29, 1.82) is 0 Å². The van der Waals surface area contributed by atoms with Crippen LogP contribution in [0.1, 0.15) is 41.5 Å². The van der Waals surface area contributed by atoms with Gasteiger partial charge in [-0.25, -0.2) is 9.59 Å². The smallest absolute Gasteiger partial charge is 0.407 e. The molecule has 0 saturated heterocycles. The molecule has 5 nitrogen and oxygen atoms in total. The number of hydrogen-bond donors (Lipinski definition) is 1. The van der Waals surface area contributed by atoms with Crippen molar-refractivity contribution >= 4 is 12.1 Å². The fourth-order valence-electron chi connectivity index (χ4n) is 1.26. The van der Waals surface area contributed by atoms with Gasteiger partial charge in [0, 0.05) is 0 Å². The van der Waals surface area contributed by atoms with E-state index in [0.717, 1.165) is 0 Å². The molecule has 0 aromatic rings. The van der Waals surface area contributed by atoms with Crippen molar-refractivity contribution in [3.05, 3.63) is 0 Å². The molecular weight excluding hydrogens is 234 g/mol. The predicted molar refractivity (Wildman–Crippen MR) is 69.2 cm³/mol. The van der Waals surface area contributed by atoms with Crippen LogP contribution in [0.25, 0.3) is 0 Å².